The molecule has 88 heavy (non-hydrogen) atoms. The molecule has 4 aromatic rings. The van der Waals surface area contributed by atoms with Crippen LogP contribution in [-0.2, 0) is 56.9 Å². The Bertz CT molecular complexity index is 3340. The number of Topliss-reactive ketones (excluding diaryl/α,β-unsaturated/α-hetero) is 1. The Balaban J connectivity index is 0.000000274. The van der Waals surface area contributed by atoms with Crippen LogP contribution in [-0.4, -0.2) is 206 Å². The second kappa shape index (κ2) is 31.6. The monoisotopic (exact) mass is 1340 g/mol. The van der Waals surface area contributed by atoms with Crippen LogP contribution in [0.3, 0.4) is 0 Å². The van der Waals surface area contributed by atoms with Crippen molar-refractivity contribution in [2.75, 3.05) is 126 Å². The second-order valence-electron chi connectivity index (χ2n) is 22.8. The molecule has 0 saturated carbocycles. The van der Waals surface area contributed by atoms with Crippen molar-refractivity contribution in [1.29, 1.82) is 0 Å². The van der Waals surface area contributed by atoms with Crippen LogP contribution in [0.25, 0.3) is 0 Å². The van der Waals surface area contributed by atoms with Crippen LogP contribution in [0.4, 0.5) is 38.5 Å². The molecule has 2 amide bonds. The predicted molar refractivity (Wildman–Crippen MR) is 327 cm³/mol. The van der Waals surface area contributed by atoms with Gasteiger partial charge >= 0.3 is 24.1 Å². The molecule has 0 atom stereocenters. The number of rotatable bonds is 17. The summed E-state index contributed by atoms with van der Waals surface area (Å²) in [6.07, 6.45) is -0.721. The SMILES string of the molecule is CC(C)(C)OC(=O)N1CC(=O)C1.COC(=O)c1ccc(CN(c2ccc(F)c(Cl)c2)S(=O)(=O)CCN2CCN(C3CN(C(=O)OC(C)(C)C)C3)CC2)c(F)c1.COC(=O)c1ccc(CN(c2ccc(F)c(Cl)c2)S(=O)(=O)CCN2CCNCC2)c(F)c1.Cl. The lowest BCUT2D eigenvalue weighted by Gasteiger charge is -2.48. The van der Waals surface area contributed by atoms with Crippen molar-refractivity contribution in [2.24, 2.45) is 0 Å². The molecule has 4 fully saturated rings. The van der Waals surface area contributed by atoms with E-state index in [1.807, 2.05) is 30.6 Å². The molecule has 8 rings (SSSR count). The molecular weight excluding hydrogens is 1260 g/mol. The Morgan fingerprint density at radius 2 is 0.977 bits per heavy atom. The van der Waals surface area contributed by atoms with E-state index in [-0.39, 0.29) is 118 Å². The lowest BCUT2D eigenvalue weighted by Crippen LogP contribution is -2.64. The minimum absolute atomic E-state index is 0. The number of halogens is 7. The number of likely N-dealkylation sites (tertiary alicyclic amines) is 2. The molecule has 0 bridgehead atoms. The molecule has 4 aromatic carbocycles. The Morgan fingerprint density at radius 3 is 1.34 bits per heavy atom. The maximum Gasteiger partial charge on any atom is 0.411 e. The van der Waals surface area contributed by atoms with Gasteiger partial charge in [0, 0.05) is 95.7 Å². The highest BCUT2D eigenvalue weighted by atomic mass is 35.5. The maximum atomic E-state index is 15.0. The first-order valence-electron chi connectivity index (χ1n) is 27.8. The zero-order valence-corrected chi connectivity index (χ0v) is 54.1. The van der Waals surface area contributed by atoms with Crippen LogP contribution in [0.1, 0.15) is 73.4 Å². The Labute approximate surface area is 527 Å². The van der Waals surface area contributed by atoms with Crippen LogP contribution < -0.4 is 13.9 Å². The fourth-order valence-electron chi connectivity index (χ4n) is 9.12. The molecule has 4 aliphatic heterocycles. The van der Waals surface area contributed by atoms with E-state index >= 15 is 0 Å². The number of hydrogen-bond acceptors (Lipinski definition) is 17. The summed E-state index contributed by atoms with van der Waals surface area (Å²) >= 11 is 11.8. The first-order chi connectivity index (χ1) is 40.8. The predicted octanol–water partition coefficient (Wildman–Crippen LogP) is 7.85. The number of anilines is 2. The molecule has 30 heteroatoms. The molecule has 0 unspecified atom stereocenters. The van der Waals surface area contributed by atoms with E-state index in [0.29, 0.717) is 32.7 Å². The zero-order chi connectivity index (χ0) is 64.2. The van der Waals surface area contributed by atoms with Crippen molar-refractivity contribution < 1.29 is 77.3 Å². The van der Waals surface area contributed by atoms with Gasteiger partial charge in [-0.3, -0.25) is 33.0 Å². The number of benzene rings is 4. The van der Waals surface area contributed by atoms with Gasteiger partial charge < -0.3 is 29.2 Å². The number of esters is 2. The summed E-state index contributed by atoms with van der Waals surface area (Å²) in [6, 6.07) is 14.6. The van der Waals surface area contributed by atoms with E-state index in [1.165, 1.54) is 67.7 Å². The molecular formula is C58H75Cl3F4N8O13S2. The highest BCUT2D eigenvalue weighted by Gasteiger charge is 2.39. The number of piperazine rings is 2. The number of amides is 2. The van der Waals surface area contributed by atoms with E-state index in [0.717, 1.165) is 72.1 Å². The van der Waals surface area contributed by atoms with Gasteiger partial charge in [0.25, 0.3) is 0 Å². The van der Waals surface area contributed by atoms with E-state index in [2.05, 4.69) is 19.7 Å². The number of carbonyl (C=O) groups excluding carboxylic acids is 5. The summed E-state index contributed by atoms with van der Waals surface area (Å²) in [5.74, 6) is -4.77. The molecule has 21 nitrogen and oxygen atoms in total. The lowest BCUT2D eigenvalue weighted by molar-refractivity contribution is -0.128. The number of ketones is 1. The highest BCUT2D eigenvalue weighted by Crippen LogP contribution is 2.30. The van der Waals surface area contributed by atoms with Crippen molar-refractivity contribution in [1.82, 2.24) is 29.8 Å². The standard InChI is InChI=1S/C29H37ClF2N4O6S.C21H24ClF2N3O4S.C8H13NO3.ClH/c1-29(2,3)42-28(38)35-18-23(19-35)34-11-9-33(10-12-34)13-14-43(39,40)36(22-7-8-25(31)24(30)16-22)17-21-6-5-20(15-26(21)32)27(37)41-4;1-31-21(28)15-2-3-16(20(24)12-15)14-27(17-4-5-19(23)18(22)13-17)32(29,30)11-10-26-8-6-25-7-9-26;1-8(2,3)12-7(11)9-4-6(10)5-9;/h5-8,15-16,23H,9-14,17-19H2,1-4H3;2-5,12-13,25H,6-11,14H2,1H3;4-5H2,1-3H3;1H. The van der Waals surface area contributed by atoms with Gasteiger partial charge in [-0.1, -0.05) is 35.3 Å². The number of hydrogen-bond donors (Lipinski definition) is 1. The lowest BCUT2D eigenvalue weighted by atomic mass is 10.1. The smallest absolute Gasteiger partial charge is 0.411 e. The average molecular weight is 1340 g/mol. The number of nitrogens with zero attached hydrogens (tertiary/aromatic N) is 7. The number of ether oxygens (including phenoxy) is 4. The molecule has 4 heterocycles. The first kappa shape index (κ1) is 72.7. The Kier molecular flexibility index (Phi) is 26.1. The van der Waals surface area contributed by atoms with Crippen LogP contribution >= 0.6 is 35.6 Å². The van der Waals surface area contributed by atoms with Gasteiger partial charge in [0.05, 0.1) is 84.5 Å². The van der Waals surface area contributed by atoms with Gasteiger partial charge in [0.2, 0.25) is 20.0 Å². The van der Waals surface area contributed by atoms with Gasteiger partial charge in [-0.05, 0) is 102 Å². The molecule has 0 radical (unpaired) electrons. The number of methoxy groups -OCH3 is 2. The van der Waals surface area contributed by atoms with Crippen molar-refractivity contribution >= 4 is 96.9 Å². The largest absolute Gasteiger partial charge is 0.465 e. The highest BCUT2D eigenvalue weighted by molar-refractivity contribution is 7.93. The zero-order valence-electron chi connectivity index (χ0n) is 50.2. The normalized spacial score (nSPS) is 16.0. The quantitative estimate of drug-likeness (QED) is 0.0603. The van der Waals surface area contributed by atoms with Gasteiger partial charge in [-0.25, -0.2) is 53.6 Å². The van der Waals surface area contributed by atoms with Gasteiger partial charge in [-0.15, -0.1) is 12.4 Å². The molecule has 4 aliphatic rings. The Morgan fingerprint density at radius 1 is 0.580 bits per heavy atom. The fraction of sp³-hybridized carbons (Fsp3) is 0.500. The summed E-state index contributed by atoms with van der Waals surface area (Å²) in [4.78, 5) is 66.7. The molecule has 1 N–H and O–H groups in total. The molecule has 0 spiro atoms. The van der Waals surface area contributed by atoms with Crippen molar-refractivity contribution in [3.63, 3.8) is 0 Å². The molecule has 0 aliphatic carbocycles. The van der Waals surface area contributed by atoms with Gasteiger partial charge in [-0.2, -0.15) is 0 Å². The van der Waals surface area contributed by atoms with E-state index in [1.54, 1.807) is 25.7 Å². The number of carbonyl (C=O) groups is 5. The average Bonchev–Trinajstić information content (AvgIpc) is 1.54. The molecule has 0 aromatic heterocycles. The van der Waals surface area contributed by atoms with E-state index in [4.69, 9.17) is 32.7 Å². The van der Waals surface area contributed by atoms with Crippen molar-refractivity contribution in [3.8, 4) is 0 Å². The molecule has 4 saturated heterocycles. The van der Waals surface area contributed by atoms with E-state index in [9.17, 15) is 58.4 Å². The third kappa shape index (κ3) is 21.0. The Hall–Kier alpha value is -6.04. The third-order valence-electron chi connectivity index (χ3n) is 14.0. The third-order valence-corrected chi connectivity index (χ3v) is 18.0. The summed E-state index contributed by atoms with van der Waals surface area (Å²) in [6.45, 7) is 18.0. The number of nitrogens with one attached hydrogen (secondary N) is 1. The van der Waals surface area contributed by atoms with Crippen molar-refractivity contribution in [2.45, 2.75) is 71.9 Å². The van der Waals surface area contributed by atoms with Gasteiger partial charge in [0.1, 0.15) is 34.5 Å². The summed E-state index contributed by atoms with van der Waals surface area (Å²) < 4.78 is 133. The summed E-state index contributed by atoms with van der Waals surface area (Å²) in [7, 11) is -5.59. The van der Waals surface area contributed by atoms with E-state index < -0.39 is 72.5 Å². The fourth-order valence-corrected chi connectivity index (χ4v) is 12.4. The van der Waals surface area contributed by atoms with Crippen LogP contribution in [0, 0.1) is 23.3 Å². The van der Waals surface area contributed by atoms with Crippen LogP contribution in [0.5, 0.6) is 0 Å². The first-order valence-corrected chi connectivity index (χ1v) is 31.7. The summed E-state index contributed by atoms with van der Waals surface area (Å²) in [5, 5.41) is 2.69. The van der Waals surface area contributed by atoms with Crippen molar-refractivity contribution in [3.05, 3.63) is 128 Å². The molecule has 486 valence electrons. The number of sulfonamides is 2. The maximum absolute atomic E-state index is 15.0. The minimum atomic E-state index is -4.03. The van der Waals surface area contributed by atoms with Crippen LogP contribution in [0.2, 0.25) is 10.0 Å². The topological polar surface area (TPSA) is 225 Å². The second-order valence-corrected chi connectivity index (χ2v) is 27.7. The summed E-state index contributed by atoms with van der Waals surface area (Å²) in [5.41, 5.74) is -0.755. The minimum Gasteiger partial charge on any atom is -0.465 e. The van der Waals surface area contributed by atoms with Crippen LogP contribution in [0.15, 0.2) is 72.8 Å². The van der Waals surface area contributed by atoms with Gasteiger partial charge in [0.15, 0.2) is 5.78 Å².